The van der Waals surface area contributed by atoms with Crippen LogP contribution >= 0.6 is 12.2 Å². The van der Waals surface area contributed by atoms with Gasteiger partial charge in [0.2, 0.25) is 0 Å². The predicted molar refractivity (Wildman–Crippen MR) is 124 cm³/mol. The molecule has 28 heavy (non-hydrogen) atoms. The van der Waals surface area contributed by atoms with Gasteiger partial charge in [0.1, 0.15) is 0 Å². The van der Waals surface area contributed by atoms with E-state index in [1.807, 2.05) is 12.1 Å². The Morgan fingerprint density at radius 1 is 0.786 bits per heavy atom. The van der Waals surface area contributed by atoms with Crippen LogP contribution in [0.25, 0.3) is 21.8 Å². The number of unbranched alkanes of at least 4 members (excludes halogenated alkanes) is 7. The molecule has 0 spiro atoms. The highest BCUT2D eigenvalue weighted by atomic mass is 32.1. The minimum absolute atomic E-state index is 0.663. The second-order valence-electron chi connectivity index (χ2n) is 7.50. The van der Waals surface area contributed by atoms with Gasteiger partial charge in [-0.1, -0.05) is 88.3 Å². The van der Waals surface area contributed by atoms with Crippen LogP contribution in [-0.2, 0) is 11.2 Å². The van der Waals surface area contributed by atoms with Crippen molar-refractivity contribution in [2.75, 3.05) is 6.61 Å². The summed E-state index contributed by atoms with van der Waals surface area (Å²) in [5, 5.41) is 3.02. The topological polar surface area (TPSA) is 22.1 Å². The fourth-order valence-corrected chi connectivity index (χ4v) is 3.96. The van der Waals surface area contributed by atoms with Crippen LogP contribution in [0.5, 0.6) is 0 Å². The van der Waals surface area contributed by atoms with E-state index in [9.17, 15) is 0 Å². The molecule has 0 N–H and O–H groups in total. The molecule has 1 heterocycles. The Hall–Kier alpha value is -2.00. The van der Waals surface area contributed by atoms with Gasteiger partial charge in [-0.3, -0.25) is 0 Å². The number of para-hydroxylation sites is 2. The third-order valence-corrected chi connectivity index (χ3v) is 5.54. The zero-order valence-electron chi connectivity index (χ0n) is 17.0. The van der Waals surface area contributed by atoms with Gasteiger partial charge in [-0.15, -0.1) is 0 Å². The fourth-order valence-electron chi connectivity index (χ4n) is 3.74. The quantitative estimate of drug-likeness (QED) is 0.192. The van der Waals surface area contributed by atoms with E-state index in [2.05, 4.69) is 43.3 Å². The number of hydrogen-bond acceptors (Lipinski definition) is 3. The lowest BCUT2D eigenvalue weighted by Crippen LogP contribution is -2.08. The Morgan fingerprint density at radius 3 is 1.93 bits per heavy atom. The highest BCUT2D eigenvalue weighted by molar-refractivity contribution is 7.80. The molecule has 1 aromatic heterocycles. The van der Waals surface area contributed by atoms with Crippen LogP contribution in [0.3, 0.4) is 0 Å². The number of benzene rings is 2. The molecule has 148 valence electrons. The van der Waals surface area contributed by atoms with Crippen LogP contribution in [0.15, 0.2) is 48.5 Å². The van der Waals surface area contributed by atoms with Gasteiger partial charge in [-0.25, -0.2) is 4.98 Å². The van der Waals surface area contributed by atoms with Crippen molar-refractivity contribution in [1.29, 1.82) is 0 Å². The summed E-state index contributed by atoms with van der Waals surface area (Å²) in [5.74, 6) is 0. The smallest absolute Gasteiger partial charge is 0.164 e. The highest BCUT2D eigenvalue weighted by Gasteiger charge is 2.11. The molecule has 0 radical (unpaired) electrons. The van der Waals surface area contributed by atoms with E-state index < -0.39 is 0 Å². The van der Waals surface area contributed by atoms with Gasteiger partial charge >= 0.3 is 0 Å². The van der Waals surface area contributed by atoms with Crippen molar-refractivity contribution in [2.45, 2.75) is 64.7 Å². The number of aromatic nitrogens is 1. The Kier molecular flexibility index (Phi) is 8.23. The first-order chi connectivity index (χ1) is 13.8. The highest BCUT2D eigenvalue weighted by Crippen LogP contribution is 2.26. The largest absolute Gasteiger partial charge is 0.487 e. The Labute approximate surface area is 174 Å². The summed E-state index contributed by atoms with van der Waals surface area (Å²) in [6.07, 6.45) is 11.1. The van der Waals surface area contributed by atoms with E-state index in [4.69, 9.17) is 21.9 Å². The summed E-state index contributed by atoms with van der Waals surface area (Å²) < 4.78 is 5.90. The molecule has 0 atom stereocenters. The predicted octanol–water partition coefficient (Wildman–Crippen LogP) is 7.42. The maximum atomic E-state index is 5.90. The lowest BCUT2D eigenvalue weighted by molar-refractivity contribution is 0.294. The number of thiocarbonyl (C=S) groups is 1. The first-order valence-electron chi connectivity index (χ1n) is 10.7. The number of fused-ring (bicyclic) bond motifs is 2. The third kappa shape index (κ3) is 5.75. The van der Waals surface area contributed by atoms with Crippen LogP contribution in [0.2, 0.25) is 0 Å². The van der Waals surface area contributed by atoms with E-state index in [0.29, 0.717) is 11.5 Å². The van der Waals surface area contributed by atoms with Crippen molar-refractivity contribution < 1.29 is 4.74 Å². The van der Waals surface area contributed by atoms with Gasteiger partial charge < -0.3 is 4.74 Å². The molecule has 0 unspecified atom stereocenters. The van der Waals surface area contributed by atoms with E-state index in [-0.39, 0.29) is 0 Å². The molecule has 3 heteroatoms. The van der Waals surface area contributed by atoms with Gasteiger partial charge in [0, 0.05) is 17.2 Å². The Balaban J connectivity index is 1.53. The normalized spacial score (nSPS) is 11.2. The fraction of sp³-hybridized carbons (Fsp3) is 0.440. The molecule has 0 aliphatic carbocycles. The standard InChI is InChI=1S/C25H31NOS/c1-2-3-4-5-6-7-8-13-18-27-25(28)19-22-20-14-9-11-16-23(20)26-24-17-12-10-15-21(22)24/h9-12,14-17H,2-8,13,18-19H2,1H3. The van der Waals surface area contributed by atoms with Crippen LogP contribution in [0, 0.1) is 0 Å². The number of ether oxygens (including phenoxy) is 1. The Bertz CT molecular complexity index is 851. The van der Waals surface area contributed by atoms with E-state index in [0.717, 1.165) is 24.1 Å². The lowest BCUT2D eigenvalue weighted by atomic mass is 10.0. The van der Waals surface area contributed by atoms with Gasteiger partial charge in [0.05, 0.1) is 17.6 Å². The van der Waals surface area contributed by atoms with Gasteiger partial charge in [0.15, 0.2) is 5.05 Å². The molecule has 0 saturated heterocycles. The van der Waals surface area contributed by atoms with Gasteiger partial charge in [0.25, 0.3) is 0 Å². The summed E-state index contributed by atoms with van der Waals surface area (Å²) in [6, 6.07) is 16.6. The SMILES string of the molecule is CCCCCCCCCCOC(=S)Cc1c2ccccc2nc2ccccc12. The average molecular weight is 394 g/mol. The van der Waals surface area contributed by atoms with E-state index in [1.165, 1.54) is 61.3 Å². The molecule has 3 rings (SSSR count). The van der Waals surface area contributed by atoms with Crippen molar-refractivity contribution in [1.82, 2.24) is 4.98 Å². The van der Waals surface area contributed by atoms with E-state index >= 15 is 0 Å². The number of hydrogen-bond donors (Lipinski definition) is 0. The lowest BCUT2D eigenvalue weighted by Gasteiger charge is -2.12. The maximum Gasteiger partial charge on any atom is 0.164 e. The van der Waals surface area contributed by atoms with Crippen molar-refractivity contribution in [3.8, 4) is 0 Å². The molecule has 0 aliphatic rings. The minimum Gasteiger partial charge on any atom is -0.487 e. The number of pyridine rings is 1. The molecule has 3 aromatic rings. The average Bonchev–Trinajstić information content (AvgIpc) is 2.72. The maximum absolute atomic E-state index is 5.90. The second-order valence-corrected chi connectivity index (χ2v) is 7.95. The summed E-state index contributed by atoms with van der Waals surface area (Å²) in [6.45, 7) is 2.99. The molecule has 0 amide bonds. The van der Waals surface area contributed by atoms with Crippen molar-refractivity contribution in [3.05, 3.63) is 54.1 Å². The zero-order chi connectivity index (χ0) is 19.6. The first kappa shape index (κ1) is 20.7. The van der Waals surface area contributed by atoms with Gasteiger partial charge in [-0.05, 0) is 36.3 Å². The number of rotatable bonds is 11. The van der Waals surface area contributed by atoms with Crippen molar-refractivity contribution in [2.24, 2.45) is 0 Å². The summed E-state index contributed by atoms with van der Waals surface area (Å²) >= 11 is 5.57. The molecule has 0 saturated carbocycles. The van der Waals surface area contributed by atoms with Crippen LogP contribution < -0.4 is 0 Å². The molecule has 0 fully saturated rings. The Morgan fingerprint density at radius 2 is 1.32 bits per heavy atom. The van der Waals surface area contributed by atoms with Crippen LogP contribution in [0.1, 0.15) is 63.9 Å². The molecule has 2 aromatic carbocycles. The molecule has 0 bridgehead atoms. The molecule has 2 nitrogen and oxygen atoms in total. The van der Waals surface area contributed by atoms with Crippen molar-refractivity contribution in [3.63, 3.8) is 0 Å². The minimum atomic E-state index is 0.663. The summed E-state index contributed by atoms with van der Waals surface area (Å²) in [7, 11) is 0. The third-order valence-electron chi connectivity index (χ3n) is 5.28. The summed E-state index contributed by atoms with van der Waals surface area (Å²) in [5.41, 5.74) is 3.26. The first-order valence-corrected chi connectivity index (χ1v) is 11.1. The van der Waals surface area contributed by atoms with Gasteiger partial charge in [-0.2, -0.15) is 0 Å². The monoisotopic (exact) mass is 393 g/mol. The van der Waals surface area contributed by atoms with Crippen LogP contribution in [0.4, 0.5) is 0 Å². The van der Waals surface area contributed by atoms with E-state index in [1.54, 1.807) is 0 Å². The molecular formula is C25H31NOS. The number of nitrogens with zero attached hydrogens (tertiary/aromatic N) is 1. The zero-order valence-corrected chi connectivity index (χ0v) is 17.8. The summed E-state index contributed by atoms with van der Waals surface area (Å²) in [4.78, 5) is 4.78. The molecular weight excluding hydrogens is 362 g/mol. The molecule has 0 aliphatic heterocycles. The van der Waals surface area contributed by atoms with Crippen molar-refractivity contribution >= 4 is 39.1 Å². The van der Waals surface area contributed by atoms with Crippen LogP contribution in [-0.4, -0.2) is 16.6 Å². The second kappa shape index (κ2) is 11.1.